The summed E-state index contributed by atoms with van der Waals surface area (Å²) in [5.74, 6) is -0.0577. The van der Waals surface area contributed by atoms with Crippen molar-refractivity contribution in [2.24, 2.45) is 0 Å². The van der Waals surface area contributed by atoms with Crippen LogP contribution in [0.1, 0.15) is 93.6 Å². The molecular formula is C22H34N2O2S. The van der Waals surface area contributed by atoms with Crippen LogP contribution in [0.3, 0.4) is 0 Å². The molecule has 0 saturated heterocycles. The smallest absolute Gasteiger partial charge is 0.273 e. The number of carbonyl (C=O) groups is 1. The van der Waals surface area contributed by atoms with Gasteiger partial charge >= 0.3 is 0 Å². The van der Waals surface area contributed by atoms with Crippen LogP contribution in [-0.2, 0) is 0 Å². The number of carbonyl (C=O) groups excluding carboxylic acids is 1. The van der Waals surface area contributed by atoms with Crippen molar-refractivity contribution in [2.75, 3.05) is 6.61 Å². The molecule has 0 aromatic carbocycles. The lowest BCUT2D eigenvalue weighted by Gasteiger charge is -2.04. The maximum Gasteiger partial charge on any atom is 0.273 e. The van der Waals surface area contributed by atoms with Crippen LogP contribution >= 0.6 is 11.3 Å². The Kier molecular flexibility index (Phi) is 10.9. The zero-order chi connectivity index (χ0) is 19.2. The molecule has 2 heterocycles. The second-order valence-electron chi connectivity index (χ2n) is 7.13. The molecule has 0 saturated carbocycles. The van der Waals surface area contributed by atoms with Crippen LogP contribution in [-0.4, -0.2) is 22.1 Å². The average molecular weight is 391 g/mol. The number of hydrogen-bond acceptors (Lipinski definition) is 4. The van der Waals surface area contributed by atoms with Crippen LogP contribution < -0.4 is 4.74 Å². The van der Waals surface area contributed by atoms with Crippen molar-refractivity contribution in [1.82, 2.24) is 9.55 Å². The summed E-state index contributed by atoms with van der Waals surface area (Å²) in [6.45, 7) is 3.00. The van der Waals surface area contributed by atoms with Gasteiger partial charge in [0.2, 0.25) is 0 Å². The van der Waals surface area contributed by atoms with E-state index in [-0.39, 0.29) is 5.91 Å². The first-order valence-corrected chi connectivity index (χ1v) is 11.4. The normalized spacial score (nSPS) is 11.0. The largest absolute Gasteiger partial charge is 0.484 e. The number of rotatable bonds is 15. The van der Waals surface area contributed by atoms with E-state index in [1.807, 2.05) is 12.1 Å². The highest BCUT2D eigenvalue weighted by atomic mass is 32.1. The van der Waals surface area contributed by atoms with Gasteiger partial charge in [-0.3, -0.25) is 9.36 Å². The zero-order valence-electron chi connectivity index (χ0n) is 16.7. The molecule has 0 radical (unpaired) electrons. The monoisotopic (exact) mass is 390 g/mol. The predicted molar refractivity (Wildman–Crippen MR) is 113 cm³/mol. The topological polar surface area (TPSA) is 44.1 Å². The molecule has 0 spiro atoms. The van der Waals surface area contributed by atoms with Crippen LogP contribution in [0.2, 0.25) is 0 Å². The second-order valence-corrected chi connectivity index (χ2v) is 8.18. The SMILES string of the molecule is CCCCCCCCCCCCCCOc1ccc(C(=O)n2ccnc2)s1. The summed E-state index contributed by atoms with van der Waals surface area (Å²) in [6.07, 6.45) is 20.9. The number of imidazole rings is 1. The van der Waals surface area contributed by atoms with Gasteiger partial charge in [-0.1, -0.05) is 88.9 Å². The number of thiophene rings is 1. The van der Waals surface area contributed by atoms with E-state index in [2.05, 4.69) is 11.9 Å². The van der Waals surface area contributed by atoms with Crippen LogP contribution in [0, 0.1) is 0 Å². The van der Waals surface area contributed by atoms with Crippen molar-refractivity contribution < 1.29 is 9.53 Å². The van der Waals surface area contributed by atoms with E-state index < -0.39 is 0 Å². The van der Waals surface area contributed by atoms with E-state index in [1.165, 1.54) is 92.9 Å². The Bertz CT molecular complexity index is 622. The highest BCUT2D eigenvalue weighted by Crippen LogP contribution is 2.25. The van der Waals surface area contributed by atoms with Crippen LogP contribution in [0.5, 0.6) is 5.06 Å². The molecular weight excluding hydrogens is 356 g/mol. The summed E-state index contributed by atoms with van der Waals surface area (Å²) in [5.41, 5.74) is 0. The molecule has 150 valence electrons. The highest BCUT2D eigenvalue weighted by Gasteiger charge is 2.11. The summed E-state index contributed by atoms with van der Waals surface area (Å²) >= 11 is 1.40. The maximum atomic E-state index is 12.2. The summed E-state index contributed by atoms with van der Waals surface area (Å²) < 4.78 is 7.27. The summed E-state index contributed by atoms with van der Waals surface area (Å²) in [6, 6.07) is 3.71. The lowest BCUT2D eigenvalue weighted by Crippen LogP contribution is -2.07. The number of ether oxygens (including phenoxy) is 1. The van der Waals surface area contributed by atoms with Gasteiger partial charge in [-0.05, 0) is 18.6 Å². The molecule has 4 nitrogen and oxygen atoms in total. The third kappa shape index (κ3) is 8.74. The number of hydrogen-bond donors (Lipinski definition) is 0. The zero-order valence-corrected chi connectivity index (χ0v) is 17.5. The van der Waals surface area contributed by atoms with Crippen molar-refractivity contribution in [3.63, 3.8) is 0 Å². The van der Waals surface area contributed by atoms with Gasteiger partial charge in [-0.15, -0.1) is 0 Å². The second kappa shape index (κ2) is 13.5. The van der Waals surface area contributed by atoms with E-state index in [1.54, 1.807) is 12.4 Å². The minimum absolute atomic E-state index is 0.0577. The molecule has 2 aromatic heterocycles. The molecule has 0 atom stereocenters. The molecule has 0 aliphatic heterocycles. The molecule has 0 aliphatic rings. The third-order valence-electron chi connectivity index (χ3n) is 4.77. The van der Waals surface area contributed by atoms with Gasteiger partial charge in [0.15, 0.2) is 5.06 Å². The lowest BCUT2D eigenvalue weighted by atomic mass is 10.1. The Morgan fingerprint density at radius 1 is 0.963 bits per heavy atom. The highest BCUT2D eigenvalue weighted by molar-refractivity contribution is 7.15. The first kappa shape index (κ1) is 21.7. The first-order valence-electron chi connectivity index (χ1n) is 10.6. The van der Waals surface area contributed by atoms with Crippen LogP contribution in [0.4, 0.5) is 0 Å². The number of unbranched alkanes of at least 4 members (excludes halogenated alkanes) is 11. The third-order valence-corrected chi connectivity index (χ3v) is 5.76. The Labute approximate surface area is 168 Å². The van der Waals surface area contributed by atoms with E-state index in [0.29, 0.717) is 4.88 Å². The Morgan fingerprint density at radius 3 is 2.19 bits per heavy atom. The van der Waals surface area contributed by atoms with Crippen molar-refractivity contribution >= 4 is 17.2 Å². The minimum Gasteiger partial charge on any atom is -0.484 e. The Morgan fingerprint density at radius 2 is 1.59 bits per heavy atom. The molecule has 0 unspecified atom stereocenters. The van der Waals surface area contributed by atoms with E-state index in [0.717, 1.165) is 18.1 Å². The van der Waals surface area contributed by atoms with Gasteiger partial charge in [0.1, 0.15) is 6.33 Å². The van der Waals surface area contributed by atoms with Gasteiger partial charge in [-0.2, -0.15) is 0 Å². The van der Waals surface area contributed by atoms with Crippen molar-refractivity contribution in [2.45, 2.75) is 84.0 Å². The number of nitrogens with zero attached hydrogens (tertiary/aromatic N) is 2. The predicted octanol–water partition coefficient (Wildman–Crippen LogP) is 6.71. The van der Waals surface area contributed by atoms with Gasteiger partial charge in [0.05, 0.1) is 11.5 Å². The van der Waals surface area contributed by atoms with Crippen LogP contribution in [0.15, 0.2) is 30.9 Å². The molecule has 5 heteroatoms. The summed E-state index contributed by atoms with van der Waals surface area (Å²) in [5, 5.41) is 0.821. The van der Waals surface area contributed by atoms with Gasteiger partial charge in [0.25, 0.3) is 5.91 Å². The Balaban J connectivity index is 1.44. The molecule has 0 amide bonds. The standard InChI is InChI=1S/C22H34N2O2S/c1-2-3-4-5-6-7-8-9-10-11-12-13-18-26-21-15-14-20(27-21)22(25)24-17-16-23-19-24/h14-17,19H,2-13,18H2,1H3. The van der Waals surface area contributed by atoms with Gasteiger partial charge in [0, 0.05) is 12.4 Å². The molecule has 27 heavy (non-hydrogen) atoms. The van der Waals surface area contributed by atoms with Gasteiger partial charge < -0.3 is 4.74 Å². The van der Waals surface area contributed by atoms with Gasteiger partial charge in [-0.25, -0.2) is 4.98 Å². The van der Waals surface area contributed by atoms with E-state index in [9.17, 15) is 4.79 Å². The number of aromatic nitrogens is 2. The molecule has 2 aromatic rings. The Hall–Kier alpha value is -1.62. The molecule has 0 fully saturated rings. The fraction of sp³-hybridized carbons (Fsp3) is 0.636. The molecule has 0 aliphatic carbocycles. The van der Waals surface area contributed by atoms with Crippen molar-refractivity contribution in [3.8, 4) is 5.06 Å². The van der Waals surface area contributed by atoms with Crippen molar-refractivity contribution in [3.05, 3.63) is 35.7 Å². The first-order chi connectivity index (χ1) is 13.3. The maximum absolute atomic E-state index is 12.2. The lowest BCUT2D eigenvalue weighted by molar-refractivity contribution is 0.0964. The molecule has 0 N–H and O–H groups in total. The fourth-order valence-corrected chi connectivity index (χ4v) is 3.96. The summed E-state index contributed by atoms with van der Waals surface area (Å²) in [4.78, 5) is 16.8. The quantitative estimate of drug-likeness (QED) is 0.317. The summed E-state index contributed by atoms with van der Waals surface area (Å²) in [7, 11) is 0. The van der Waals surface area contributed by atoms with E-state index in [4.69, 9.17) is 4.74 Å². The van der Waals surface area contributed by atoms with Crippen molar-refractivity contribution in [1.29, 1.82) is 0 Å². The molecule has 2 rings (SSSR count). The minimum atomic E-state index is -0.0577. The average Bonchev–Trinajstić information content (AvgIpc) is 3.37. The molecule has 0 bridgehead atoms. The van der Waals surface area contributed by atoms with E-state index >= 15 is 0 Å². The van der Waals surface area contributed by atoms with Crippen LogP contribution in [0.25, 0.3) is 0 Å². The fourth-order valence-electron chi connectivity index (χ4n) is 3.13.